The molecule has 0 saturated heterocycles. The molecule has 0 atom stereocenters. The lowest BCUT2D eigenvalue weighted by atomic mass is 9.79. The summed E-state index contributed by atoms with van der Waals surface area (Å²) >= 11 is 7.57. The Morgan fingerprint density at radius 2 is 1.84 bits per heavy atom. The van der Waals surface area contributed by atoms with Crippen LogP contribution in [0.1, 0.15) is 36.3 Å². The summed E-state index contributed by atoms with van der Waals surface area (Å²) in [7, 11) is 0. The van der Waals surface area contributed by atoms with E-state index in [1.54, 1.807) is 11.3 Å². The molecular formula is C20H18ClNO2S. The maximum Gasteiger partial charge on any atom is 0.316 e. The van der Waals surface area contributed by atoms with E-state index in [1.807, 2.05) is 48.5 Å². The highest BCUT2D eigenvalue weighted by molar-refractivity contribution is 7.18. The number of esters is 1. The predicted octanol–water partition coefficient (Wildman–Crippen LogP) is 5.50. The monoisotopic (exact) mass is 371 g/mol. The highest BCUT2D eigenvalue weighted by atomic mass is 35.5. The molecule has 1 saturated carbocycles. The first-order chi connectivity index (χ1) is 12.2. The molecule has 1 aliphatic rings. The maximum absolute atomic E-state index is 13.0. The van der Waals surface area contributed by atoms with Gasteiger partial charge in [-0.05, 0) is 42.7 Å². The number of rotatable bonds is 4. The number of para-hydroxylation sites is 1. The minimum absolute atomic E-state index is 0.147. The zero-order valence-electron chi connectivity index (χ0n) is 13.7. The molecule has 1 heterocycles. The van der Waals surface area contributed by atoms with Gasteiger partial charge in [-0.15, -0.1) is 11.3 Å². The molecule has 1 fully saturated rings. The molecule has 0 unspecified atom stereocenters. The van der Waals surface area contributed by atoms with Gasteiger partial charge in [-0.3, -0.25) is 4.79 Å². The van der Waals surface area contributed by atoms with E-state index in [2.05, 4.69) is 4.98 Å². The van der Waals surface area contributed by atoms with Crippen molar-refractivity contribution in [1.29, 1.82) is 0 Å². The fraction of sp³-hybridized carbons (Fsp3) is 0.300. The lowest BCUT2D eigenvalue weighted by molar-refractivity contribution is -0.152. The second-order valence-corrected chi connectivity index (χ2v) is 8.00. The normalized spacial score (nSPS) is 16.2. The zero-order valence-corrected chi connectivity index (χ0v) is 15.3. The first kappa shape index (κ1) is 16.6. The van der Waals surface area contributed by atoms with Gasteiger partial charge in [0.15, 0.2) is 0 Å². The van der Waals surface area contributed by atoms with Crippen molar-refractivity contribution in [2.75, 3.05) is 0 Å². The molecule has 0 N–H and O–H groups in total. The molecule has 0 amide bonds. The van der Waals surface area contributed by atoms with Crippen molar-refractivity contribution in [1.82, 2.24) is 4.98 Å². The van der Waals surface area contributed by atoms with Gasteiger partial charge in [0.05, 0.1) is 15.6 Å². The van der Waals surface area contributed by atoms with E-state index < -0.39 is 5.41 Å². The van der Waals surface area contributed by atoms with Crippen LogP contribution in [0.15, 0.2) is 48.5 Å². The summed E-state index contributed by atoms with van der Waals surface area (Å²) in [6.45, 7) is 0.230. The Balaban J connectivity index is 1.54. The maximum atomic E-state index is 13.0. The minimum Gasteiger partial charge on any atom is -0.458 e. The Labute approximate surface area is 155 Å². The molecule has 0 bridgehead atoms. The van der Waals surface area contributed by atoms with Crippen LogP contribution in [0, 0.1) is 0 Å². The molecule has 0 spiro atoms. The van der Waals surface area contributed by atoms with Crippen molar-refractivity contribution in [3.63, 3.8) is 0 Å². The Hall–Kier alpha value is -1.91. The molecule has 1 aliphatic carbocycles. The second-order valence-electron chi connectivity index (χ2n) is 6.45. The number of hydrogen-bond acceptors (Lipinski definition) is 4. The van der Waals surface area contributed by atoms with Gasteiger partial charge < -0.3 is 4.74 Å². The quantitative estimate of drug-likeness (QED) is 0.568. The number of hydrogen-bond donors (Lipinski definition) is 0. The van der Waals surface area contributed by atoms with Gasteiger partial charge in [0.1, 0.15) is 11.6 Å². The summed E-state index contributed by atoms with van der Waals surface area (Å²) in [5.41, 5.74) is 1.41. The summed E-state index contributed by atoms with van der Waals surface area (Å²) < 4.78 is 6.82. The summed E-state index contributed by atoms with van der Waals surface area (Å²) in [5, 5.41) is 1.51. The third-order valence-electron chi connectivity index (χ3n) is 4.91. The number of ether oxygens (including phenoxy) is 1. The molecule has 128 valence electrons. The topological polar surface area (TPSA) is 39.2 Å². The van der Waals surface area contributed by atoms with E-state index in [-0.39, 0.29) is 12.6 Å². The van der Waals surface area contributed by atoms with Gasteiger partial charge in [-0.1, -0.05) is 48.7 Å². The second kappa shape index (κ2) is 6.77. The number of nitrogens with zero attached hydrogens (tertiary/aromatic N) is 1. The van der Waals surface area contributed by atoms with E-state index in [9.17, 15) is 4.79 Å². The Morgan fingerprint density at radius 1 is 1.12 bits per heavy atom. The highest BCUT2D eigenvalue weighted by Gasteiger charge is 2.44. The van der Waals surface area contributed by atoms with Crippen molar-refractivity contribution >= 4 is 39.1 Å². The van der Waals surface area contributed by atoms with Crippen LogP contribution in [-0.2, 0) is 21.6 Å². The molecule has 2 aromatic carbocycles. The number of halogens is 1. The minimum atomic E-state index is -0.540. The zero-order chi connectivity index (χ0) is 17.3. The summed E-state index contributed by atoms with van der Waals surface area (Å²) in [4.78, 5) is 17.5. The number of thiazole rings is 1. The first-order valence-electron chi connectivity index (χ1n) is 8.45. The number of fused-ring (bicyclic) bond motifs is 1. The van der Waals surface area contributed by atoms with Gasteiger partial charge >= 0.3 is 5.97 Å². The number of aromatic nitrogens is 1. The van der Waals surface area contributed by atoms with Crippen LogP contribution in [0.2, 0.25) is 5.02 Å². The molecule has 0 aliphatic heterocycles. The van der Waals surface area contributed by atoms with Crippen LogP contribution in [0.4, 0.5) is 0 Å². The first-order valence-corrected chi connectivity index (χ1v) is 9.65. The van der Waals surface area contributed by atoms with Crippen molar-refractivity contribution in [2.24, 2.45) is 0 Å². The van der Waals surface area contributed by atoms with E-state index in [1.165, 1.54) is 0 Å². The molecule has 1 aromatic heterocycles. The number of carbonyl (C=O) groups excluding carboxylic acids is 1. The molecule has 5 heteroatoms. The van der Waals surface area contributed by atoms with Crippen LogP contribution in [0.3, 0.4) is 0 Å². The van der Waals surface area contributed by atoms with Gasteiger partial charge in [0, 0.05) is 5.02 Å². The molecule has 3 nitrogen and oxygen atoms in total. The van der Waals surface area contributed by atoms with Gasteiger partial charge in [0.2, 0.25) is 0 Å². The molecule has 3 aromatic rings. The summed E-state index contributed by atoms with van der Waals surface area (Å²) in [6.07, 6.45) is 3.73. The lowest BCUT2D eigenvalue weighted by Crippen LogP contribution is -2.34. The third-order valence-corrected chi connectivity index (χ3v) is 6.17. The average molecular weight is 372 g/mol. The molecule has 4 rings (SSSR count). The smallest absolute Gasteiger partial charge is 0.316 e. The number of benzene rings is 2. The van der Waals surface area contributed by atoms with E-state index in [0.29, 0.717) is 5.02 Å². The standard InChI is InChI=1S/C20H18ClNO2S/c21-15-9-7-14(8-10-15)20(11-3-4-12-20)19(23)24-13-18-22-16-5-1-2-6-17(16)25-18/h1-2,5-10H,3-4,11-13H2. The largest absolute Gasteiger partial charge is 0.458 e. The summed E-state index contributed by atoms with van der Waals surface area (Å²) in [5.74, 6) is -0.147. The molecule has 25 heavy (non-hydrogen) atoms. The van der Waals surface area contributed by atoms with E-state index in [0.717, 1.165) is 46.5 Å². The molecule has 0 radical (unpaired) electrons. The van der Waals surface area contributed by atoms with Crippen LogP contribution in [0.5, 0.6) is 0 Å². The van der Waals surface area contributed by atoms with E-state index in [4.69, 9.17) is 16.3 Å². The van der Waals surface area contributed by atoms with Crippen molar-refractivity contribution < 1.29 is 9.53 Å². The fourth-order valence-corrected chi connectivity index (χ4v) is 4.61. The Kier molecular flexibility index (Phi) is 4.48. The molecular weight excluding hydrogens is 354 g/mol. The van der Waals surface area contributed by atoms with Crippen molar-refractivity contribution in [3.8, 4) is 0 Å². The van der Waals surface area contributed by atoms with Crippen LogP contribution < -0.4 is 0 Å². The van der Waals surface area contributed by atoms with Crippen LogP contribution in [-0.4, -0.2) is 11.0 Å². The average Bonchev–Trinajstić information content (AvgIpc) is 3.27. The van der Waals surface area contributed by atoms with Crippen molar-refractivity contribution in [3.05, 3.63) is 64.1 Å². The summed E-state index contributed by atoms with van der Waals surface area (Å²) in [6, 6.07) is 15.6. The Bertz CT molecular complexity index is 864. The fourth-order valence-electron chi connectivity index (χ4n) is 3.61. The highest BCUT2D eigenvalue weighted by Crippen LogP contribution is 2.42. The lowest BCUT2D eigenvalue weighted by Gasteiger charge is -2.27. The van der Waals surface area contributed by atoms with Crippen LogP contribution in [0.25, 0.3) is 10.2 Å². The SMILES string of the molecule is O=C(OCc1nc2ccccc2s1)C1(c2ccc(Cl)cc2)CCCC1. The predicted molar refractivity (Wildman–Crippen MR) is 101 cm³/mol. The van der Waals surface area contributed by atoms with Gasteiger partial charge in [0.25, 0.3) is 0 Å². The Morgan fingerprint density at radius 3 is 2.56 bits per heavy atom. The third kappa shape index (κ3) is 3.16. The van der Waals surface area contributed by atoms with E-state index >= 15 is 0 Å². The van der Waals surface area contributed by atoms with Gasteiger partial charge in [-0.2, -0.15) is 0 Å². The number of carbonyl (C=O) groups is 1. The van der Waals surface area contributed by atoms with Gasteiger partial charge in [-0.25, -0.2) is 4.98 Å². The van der Waals surface area contributed by atoms with Crippen LogP contribution >= 0.6 is 22.9 Å². The van der Waals surface area contributed by atoms with Crippen molar-refractivity contribution in [2.45, 2.75) is 37.7 Å².